The summed E-state index contributed by atoms with van der Waals surface area (Å²) in [6.07, 6.45) is 2.32. The van der Waals surface area contributed by atoms with E-state index in [1.165, 1.54) is 0 Å². The van der Waals surface area contributed by atoms with Gasteiger partial charge in [0, 0.05) is 12.2 Å². The number of halogens is 1. The minimum Gasteiger partial charge on any atom is -0.490 e. The van der Waals surface area contributed by atoms with Gasteiger partial charge in [-0.05, 0) is 61.2 Å². The van der Waals surface area contributed by atoms with Gasteiger partial charge in [0.15, 0.2) is 11.5 Å². The van der Waals surface area contributed by atoms with Gasteiger partial charge in [0.25, 0.3) is 5.91 Å². The Morgan fingerprint density at radius 2 is 1.97 bits per heavy atom. The number of amides is 1. The van der Waals surface area contributed by atoms with Gasteiger partial charge in [-0.15, -0.1) is 0 Å². The van der Waals surface area contributed by atoms with Crippen molar-refractivity contribution in [2.45, 2.75) is 26.9 Å². The van der Waals surface area contributed by atoms with E-state index in [0.29, 0.717) is 41.8 Å². The van der Waals surface area contributed by atoms with Crippen LogP contribution in [0.1, 0.15) is 29.2 Å². The van der Waals surface area contributed by atoms with Crippen molar-refractivity contribution in [1.29, 1.82) is 5.26 Å². The van der Waals surface area contributed by atoms with Crippen LogP contribution in [0.2, 0.25) is 5.02 Å². The van der Waals surface area contributed by atoms with E-state index in [2.05, 4.69) is 6.07 Å². The van der Waals surface area contributed by atoms with Crippen molar-refractivity contribution < 1.29 is 14.3 Å². The number of aryl methyl sites for hydroxylation is 1. The maximum absolute atomic E-state index is 13.1. The van der Waals surface area contributed by atoms with Gasteiger partial charge in [0.05, 0.1) is 11.6 Å². The fraction of sp³-hybridized carbons (Fsp3) is 0.214. The molecule has 34 heavy (non-hydrogen) atoms. The number of carbonyl (C=O) groups is 1. The van der Waals surface area contributed by atoms with Crippen LogP contribution in [0, 0.1) is 18.3 Å². The highest BCUT2D eigenvalue weighted by Gasteiger charge is 2.26. The number of hydrogen-bond donors (Lipinski definition) is 0. The molecule has 0 unspecified atom stereocenters. The number of para-hydroxylation sites is 1. The minimum atomic E-state index is -0.332. The Bertz CT molecular complexity index is 1290. The first kappa shape index (κ1) is 23.4. The van der Waals surface area contributed by atoms with Crippen LogP contribution in [-0.2, 0) is 17.8 Å². The zero-order chi connectivity index (χ0) is 24.1. The van der Waals surface area contributed by atoms with E-state index < -0.39 is 0 Å². The van der Waals surface area contributed by atoms with E-state index >= 15 is 0 Å². The van der Waals surface area contributed by atoms with Crippen molar-refractivity contribution in [2.24, 2.45) is 0 Å². The van der Waals surface area contributed by atoms with Crippen molar-refractivity contribution >= 4 is 29.3 Å². The van der Waals surface area contributed by atoms with Crippen molar-refractivity contribution in [3.63, 3.8) is 0 Å². The topological polar surface area (TPSA) is 62.6 Å². The molecule has 0 aromatic heterocycles. The summed E-state index contributed by atoms with van der Waals surface area (Å²) in [5.41, 5.74) is 4.74. The van der Waals surface area contributed by atoms with Crippen molar-refractivity contribution in [3.8, 4) is 17.6 Å². The molecule has 0 saturated carbocycles. The number of rotatable bonds is 7. The van der Waals surface area contributed by atoms with Crippen LogP contribution >= 0.6 is 11.6 Å². The summed E-state index contributed by atoms with van der Waals surface area (Å²) in [4.78, 5) is 14.8. The molecule has 4 rings (SSSR count). The standard InChI is InChI=1S/C28H25ClN2O3/c1-3-33-26-16-21(15-24(29)27(26)34-18-20-8-6-7-19(2)13-20)14-23(17-30)28(32)31-12-11-22-9-4-5-10-25(22)31/h4-10,13-16H,3,11-12,18H2,1-2H3. The molecule has 3 aromatic carbocycles. The molecule has 0 radical (unpaired) electrons. The Morgan fingerprint density at radius 1 is 1.15 bits per heavy atom. The average Bonchev–Trinajstić information content (AvgIpc) is 3.26. The number of ether oxygens (including phenoxy) is 2. The van der Waals surface area contributed by atoms with E-state index in [9.17, 15) is 10.1 Å². The number of benzene rings is 3. The molecule has 1 amide bonds. The molecule has 1 aliphatic rings. The normalized spacial score (nSPS) is 12.8. The molecule has 1 heterocycles. The molecule has 5 nitrogen and oxygen atoms in total. The summed E-state index contributed by atoms with van der Waals surface area (Å²) in [7, 11) is 0. The third kappa shape index (κ3) is 5.08. The first-order chi connectivity index (χ1) is 16.5. The summed E-state index contributed by atoms with van der Waals surface area (Å²) in [6.45, 7) is 5.20. The molecule has 0 spiro atoms. The summed E-state index contributed by atoms with van der Waals surface area (Å²) in [5.74, 6) is 0.562. The second-order valence-electron chi connectivity index (χ2n) is 8.05. The summed E-state index contributed by atoms with van der Waals surface area (Å²) in [6, 6.07) is 21.3. The van der Waals surface area contributed by atoms with Crippen LogP contribution in [0.4, 0.5) is 5.69 Å². The molecule has 3 aromatic rings. The molecule has 0 saturated heterocycles. The lowest BCUT2D eigenvalue weighted by atomic mass is 10.1. The van der Waals surface area contributed by atoms with Crippen molar-refractivity contribution in [3.05, 3.63) is 93.5 Å². The van der Waals surface area contributed by atoms with Crippen LogP contribution < -0.4 is 14.4 Å². The fourth-order valence-corrected chi connectivity index (χ4v) is 4.31. The van der Waals surface area contributed by atoms with E-state index in [1.807, 2.05) is 62.4 Å². The first-order valence-electron chi connectivity index (χ1n) is 11.2. The van der Waals surface area contributed by atoms with Crippen molar-refractivity contribution in [1.82, 2.24) is 0 Å². The van der Waals surface area contributed by atoms with E-state index in [-0.39, 0.29) is 11.5 Å². The molecule has 172 valence electrons. The molecular formula is C28H25ClN2O3. The van der Waals surface area contributed by atoms with E-state index in [4.69, 9.17) is 21.1 Å². The Hall–Kier alpha value is -3.75. The molecule has 0 aliphatic carbocycles. The monoisotopic (exact) mass is 472 g/mol. The van der Waals surface area contributed by atoms with Gasteiger partial charge in [-0.25, -0.2) is 0 Å². The maximum Gasteiger partial charge on any atom is 0.268 e. The molecular weight excluding hydrogens is 448 g/mol. The number of hydrogen-bond acceptors (Lipinski definition) is 4. The number of fused-ring (bicyclic) bond motifs is 1. The van der Waals surface area contributed by atoms with Gasteiger partial charge >= 0.3 is 0 Å². The zero-order valence-electron chi connectivity index (χ0n) is 19.2. The molecule has 0 atom stereocenters. The largest absolute Gasteiger partial charge is 0.490 e. The molecule has 1 aliphatic heterocycles. The Morgan fingerprint density at radius 3 is 2.74 bits per heavy atom. The number of nitriles is 1. The summed E-state index contributed by atoms with van der Waals surface area (Å²) in [5, 5.41) is 10.1. The summed E-state index contributed by atoms with van der Waals surface area (Å²) >= 11 is 6.56. The van der Waals surface area contributed by atoms with Gasteiger partial charge in [-0.3, -0.25) is 4.79 Å². The number of nitrogens with zero attached hydrogens (tertiary/aromatic N) is 2. The predicted octanol–water partition coefficient (Wildman–Crippen LogP) is 6.12. The quantitative estimate of drug-likeness (QED) is 0.307. The van der Waals surface area contributed by atoms with Gasteiger partial charge < -0.3 is 14.4 Å². The highest BCUT2D eigenvalue weighted by molar-refractivity contribution is 6.32. The third-order valence-electron chi connectivity index (χ3n) is 5.59. The van der Waals surface area contributed by atoms with Crippen LogP contribution in [0.5, 0.6) is 11.5 Å². The van der Waals surface area contributed by atoms with Gasteiger partial charge in [0.1, 0.15) is 18.2 Å². The lowest BCUT2D eigenvalue weighted by Crippen LogP contribution is -2.29. The Balaban J connectivity index is 1.60. The smallest absolute Gasteiger partial charge is 0.268 e. The molecule has 6 heteroatoms. The van der Waals surface area contributed by atoms with Crippen LogP contribution in [-0.4, -0.2) is 19.1 Å². The average molecular weight is 473 g/mol. The number of carbonyl (C=O) groups excluding carboxylic acids is 1. The third-order valence-corrected chi connectivity index (χ3v) is 5.87. The van der Waals surface area contributed by atoms with Crippen molar-refractivity contribution in [2.75, 3.05) is 18.1 Å². The zero-order valence-corrected chi connectivity index (χ0v) is 19.9. The second kappa shape index (κ2) is 10.5. The fourth-order valence-electron chi connectivity index (χ4n) is 4.03. The SMILES string of the molecule is CCOc1cc(C=C(C#N)C(=O)N2CCc3ccccc32)cc(Cl)c1OCc1cccc(C)c1. The Kier molecular flexibility index (Phi) is 7.20. The predicted molar refractivity (Wildman–Crippen MR) is 134 cm³/mol. The van der Waals surface area contributed by atoms with Crippen LogP contribution in [0.15, 0.2) is 66.2 Å². The molecule has 0 fully saturated rings. The van der Waals surface area contributed by atoms with Gasteiger partial charge in [0.2, 0.25) is 0 Å². The van der Waals surface area contributed by atoms with Crippen LogP contribution in [0.3, 0.4) is 0 Å². The highest BCUT2D eigenvalue weighted by Crippen LogP contribution is 2.38. The van der Waals surface area contributed by atoms with E-state index in [0.717, 1.165) is 28.8 Å². The highest BCUT2D eigenvalue weighted by atomic mass is 35.5. The second-order valence-corrected chi connectivity index (χ2v) is 8.45. The molecule has 0 bridgehead atoms. The van der Waals surface area contributed by atoms with Gasteiger partial charge in [-0.1, -0.05) is 59.6 Å². The first-order valence-corrected chi connectivity index (χ1v) is 11.5. The minimum absolute atomic E-state index is 0.0312. The lowest BCUT2D eigenvalue weighted by molar-refractivity contribution is -0.114. The lowest BCUT2D eigenvalue weighted by Gasteiger charge is -2.17. The van der Waals surface area contributed by atoms with Gasteiger partial charge in [-0.2, -0.15) is 5.26 Å². The number of anilines is 1. The maximum atomic E-state index is 13.1. The van der Waals surface area contributed by atoms with E-state index in [1.54, 1.807) is 23.1 Å². The summed E-state index contributed by atoms with van der Waals surface area (Å²) < 4.78 is 11.8. The Labute approximate surface area is 204 Å². The van der Waals surface area contributed by atoms with Crippen LogP contribution in [0.25, 0.3) is 6.08 Å². The molecule has 0 N–H and O–H groups in total.